The molecule has 0 atom stereocenters. The molecule has 1 aliphatic rings. The summed E-state index contributed by atoms with van der Waals surface area (Å²) in [5.74, 6) is -1.65. The fourth-order valence-electron chi connectivity index (χ4n) is 2.89. The van der Waals surface area contributed by atoms with Crippen molar-refractivity contribution < 1.29 is 18.4 Å². The number of nitrogens with one attached hydrogen (secondary N) is 2. The first-order valence-electron chi connectivity index (χ1n) is 8.71. The second kappa shape index (κ2) is 7.92. The molecular weight excluding hydrogens is 416 g/mol. The second-order valence-corrected chi connectivity index (χ2v) is 8.70. The Labute approximate surface area is 173 Å². The van der Waals surface area contributed by atoms with E-state index in [1.54, 1.807) is 36.9 Å². The van der Waals surface area contributed by atoms with E-state index in [2.05, 4.69) is 15.6 Å². The van der Waals surface area contributed by atoms with E-state index >= 15 is 0 Å². The quantitative estimate of drug-likeness (QED) is 0.607. The molecule has 1 aromatic heterocycles. The molecule has 2 amide bonds. The second-order valence-electron chi connectivity index (χ2n) is 6.36. The zero-order chi connectivity index (χ0) is 20.5. The van der Waals surface area contributed by atoms with Crippen LogP contribution in [0.3, 0.4) is 0 Å². The van der Waals surface area contributed by atoms with E-state index in [0.29, 0.717) is 39.8 Å². The molecule has 4 rings (SSSR count). The van der Waals surface area contributed by atoms with Crippen molar-refractivity contribution in [2.45, 2.75) is 18.2 Å². The number of thioether (sulfide) groups is 1. The lowest BCUT2D eigenvalue weighted by Crippen LogP contribution is -2.14. The van der Waals surface area contributed by atoms with Crippen molar-refractivity contribution in [1.29, 1.82) is 0 Å². The van der Waals surface area contributed by atoms with Crippen molar-refractivity contribution in [3.63, 3.8) is 0 Å². The zero-order valence-corrected chi connectivity index (χ0v) is 16.8. The minimum atomic E-state index is -0.953. The molecule has 2 aromatic carbocycles. The third-order valence-electron chi connectivity index (χ3n) is 4.31. The van der Waals surface area contributed by atoms with Crippen molar-refractivity contribution in [3.05, 3.63) is 58.5 Å². The van der Waals surface area contributed by atoms with E-state index in [0.717, 1.165) is 21.9 Å². The van der Waals surface area contributed by atoms with E-state index in [4.69, 9.17) is 0 Å². The maximum Gasteiger partial charge on any atom is 0.257 e. The summed E-state index contributed by atoms with van der Waals surface area (Å²) in [6, 6.07) is 8.70. The molecular formula is C20H15F2N3O2S2. The third kappa shape index (κ3) is 4.15. The summed E-state index contributed by atoms with van der Waals surface area (Å²) in [7, 11) is 0. The average molecular weight is 431 g/mol. The van der Waals surface area contributed by atoms with Crippen molar-refractivity contribution in [2.75, 3.05) is 16.4 Å². The van der Waals surface area contributed by atoms with Gasteiger partial charge < -0.3 is 5.32 Å². The minimum absolute atomic E-state index is 0.0828. The lowest BCUT2D eigenvalue weighted by molar-refractivity contribution is -0.115. The van der Waals surface area contributed by atoms with Gasteiger partial charge in [-0.15, -0.1) is 23.1 Å². The van der Waals surface area contributed by atoms with Crippen molar-refractivity contribution in [2.24, 2.45) is 0 Å². The smallest absolute Gasteiger partial charge is 0.257 e. The van der Waals surface area contributed by atoms with Crippen LogP contribution in [0.5, 0.6) is 0 Å². The summed E-state index contributed by atoms with van der Waals surface area (Å²) in [4.78, 5) is 30.4. The maximum absolute atomic E-state index is 13.5. The zero-order valence-electron chi connectivity index (χ0n) is 15.2. The van der Waals surface area contributed by atoms with Crippen molar-refractivity contribution in [1.82, 2.24) is 4.98 Å². The van der Waals surface area contributed by atoms with Gasteiger partial charge in [-0.05, 0) is 43.3 Å². The number of halogens is 2. The summed E-state index contributed by atoms with van der Waals surface area (Å²) in [6.45, 7) is 1.79. The van der Waals surface area contributed by atoms with E-state index in [-0.39, 0.29) is 11.8 Å². The van der Waals surface area contributed by atoms with E-state index < -0.39 is 11.6 Å². The molecule has 3 aromatic rings. The van der Waals surface area contributed by atoms with Gasteiger partial charge in [0.2, 0.25) is 5.91 Å². The van der Waals surface area contributed by atoms with Gasteiger partial charge in [-0.2, -0.15) is 0 Å². The average Bonchev–Trinajstić information content (AvgIpc) is 2.93. The molecule has 0 spiro atoms. The van der Waals surface area contributed by atoms with Crippen LogP contribution in [0.15, 0.2) is 41.3 Å². The Morgan fingerprint density at radius 2 is 2.00 bits per heavy atom. The van der Waals surface area contributed by atoms with Crippen LogP contribution >= 0.6 is 23.1 Å². The Kier molecular flexibility index (Phi) is 5.33. The van der Waals surface area contributed by atoms with E-state index in [1.807, 2.05) is 0 Å². The summed E-state index contributed by atoms with van der Waals surface area (Å²) in [5, 5.41) is 5.88. The molecule has 0 fully saturated rings. The fourth-order valence-corrected chi connectivity index (χ4v) is 4.66. The predicted molar refractivity (Wildman–Crippen MR) is 111 cm³/mol. The van der Waals surface area contributed by atoms with Crippen LogP contribution in [-0.2, 0) is 4.79 Å². The van der Waals surface area contributed by atoms with Gasteiger partial charge in [0.25, 0.3) is 5.91 Å². The molecule has 0 unspecified atom stereocenters. The molecule has 0 saturated carbocycles. The number of aromatic nitrogens is 1. The van der Waals surface area contributed by atoms with Gasteiger partial charge in [0.1, 0.15) is 0 Å². The fraction of sp³-hybridized carbons (Fsp3) is 0.150. The number of fused-ring (bicyclic) bond motifs is 1. The van der Waals surface area contributed by atoms with Gasteiger partial charge >= 0.3 is 0 Å². The van der Waals surface area contributed by atoms with Crippen LogP contribution in [0, 0.1) is 18.6 Å². The van der Waals surface area contributed by atoms with Gasteiger partial charge in [0.05, 0.1) is 11.4 Å². The van der Waals surface area contributed by atoms with Crippen LogP contribution in [0.2, 0.25) is 0 Å². The first-order valence-corrected chi connectivity index (χ1v) is 10.5. The predicted octanol–water partition coefficient (Wildman–Crippen LogP) is 5.08. The summed E-state index contributed by atoms with van der Waals surface area (Å²) in [6.07, 6.45) is 0.423. The molecule has 0 aliphatic carbocycles. The largest absolute Gasteiger partial charge is 0.325 e. The van der Waals surface area contributed by atoms with Crippen LogP contribution < -0.4 is 10.6 Å². The summed E-state index contributed by atoms with van der Waals surface area (Å²) >= 11 is 2.80. The van der Waals surface area contributed by atoms with Gasteiger partial charge in [-0.1, -0.05) is 0 Å². The molecule has 148 valence electrons. The highest BCUT2D eigenvalue weighted by Gasteiger charge is 2.18. The number of benzene rings is 2. The number of thiazole rings is 1. The first kappa shape index (κ1) is 19.5. The van der Waals surface area contributed by atoms with Gasteiger partial charge in [0.15, 0.2) is 16.8 Å². The number of anilines is 2. The Bertz CT molecular complexity index is 1130. The Hall–Kier alpha value is -2.78. The summed E-state index contributed by atoms with van der Waals surface area (Å²) in [5.41, 5.74) is 1.91. The van der Waals surface area contributed by atoms with Crippen LogP contribution in [-0.4, -0.2) is 22.6 Å². The van der Waals surface area contributed by atoms with Gasteiger partial charge in [-0.3, -0.25) is 14.9 Å². The molecule has 9 heteroatoms. The lowest BCUT2D eigenvalue weighted by Gasteiger charge is -2.08. The SMILES string of the molecule is Cc1sc(NC(=O)c2ccc3c(c2)NC(=O)CCS3)nc1-c1ccc(F)c(F)c1. The Morgan fingerprint density at radius 3 is 2.79 bits per heavy atom. The number of amides is 2. The minimum Gasteiger partial charge on any atom is -0.325 e. The van der Waals surface area contributed by atoms with E-state index in [9.17, 15) is 18.4 Å². The van der Waals surface area contributed by atoms with Crippen LogP contribution in [0.25, 0.3) is 11.3 Å². The van der Waals surface area contributed by atoms with Crippen molar-refractivity contribution in [3.8, 4) is 11.3 Å². The standard InChI is InChI=1S/C20H15F2N3O2S2/c1-10-18(11-2-4-13(21)14(22)8-11)24-20(29-10)25-19(27)12-3-5-16-15(9-12)23-17(26)6-7-28-16/h2-5,8-9H,6-7H2,1H3,(H,23,26)(H,24,25,27). The number of rotatable bonds is 3. The Morgan fingerprint density at radius 1 is 1.17 bits per heavy atom. The molecule has 2 N–H and O–H groups in total. The monoisotopic (exact) mass is 431 g/mol. The number of nitrogens with zero attached hydrogens (tertiary/aromatic N) is 1. The molecule has 5 nitrogen and oxygen atoms in total. The van der Waals surface area contributed by atoms with Crippen LogP contribution in [0.1, 0.15) is 21.7 Å². The number of hydrogen-bond donors (Lipinski definition) is 2. The first-order chi connectivity index (χ1) is 13.9. The molecule has 2 heterocycles. The third-order valence-corrected chi connectivity index (χ3v) is 6.27. The molecule has 0 bridgehead atoms. The van der Waals surface area contributed by atoms with Gasteiger partial charge in [0, 0.05) is 33.1 Å². The molecule has 29 heavy (non-hydrogen) atoms. The number of carbonyl (C=O) groups is 2. The lowest BCUT2D eigenvalue weighted by atomic mass is 10.1. The summed E-state index contributed by atoms with van der Waals surface area (Å²) < 4.78 is 26.7. The van der Waals surface area contributed by atoms with Crippen molar-refractivity contribution >= 4 is 45.7 Å². The highest BCUT2D eigenvalue weighted by atomic mass is 32.2. The molecule has 1 aliphatic heterocycles. The Balaban J connectivity index is 1.56. The topological polar surface area (TPSA) is 71.1 Å². The van der Waals surface area contributed by atoms with Crippen LogP contribution in [0.4, 0.5) is 19.6 Å². The number of hydrogen-bond acceptors (Lipinski definition) is 5. The number of aryl methyl sites for hydroxylation is 1. The highest BCUT2D eigenvalue weighted by molar-refractivity contribution is 7.99. The maximum atomic E-state index is 13.5. The van der Waals surface area contributed by atoms with E-state index in [1.165, 1.54) is 17.4 Å². The molecule has 0 radical (unpaired) electrons. The normalized spacial score (nSPS) is 13.4. The number of carbonyl (C=O) groups excluding carboxylic acids is 2. The van der Waals surface area contributed by atoms with Gasteiger partial charge in [-0.25, -0.2) is 13.8 Å². The highest BCUT2D eigenvalue weighted by Crippen LogP contribution is 2.33. The molecule has 0 saturated heterocycles.